The monoisotopic (exact) mass is 545 g/mol. The highest BCUT2D eigenvalue weighted by atomic mass is 15.1. The second kappa shape index (κ2) is 9.44. The molecule has 0 radical (unpaired) electrons. The van der Waals surface area contributed by atoms with Crippen molar-refractivity contribution in [3.63, 3.8) is 0 Å². The van der Waals surface area contributed by atoms with Crippen molar-refractivity contribution in [2.75, 3.05) is 4.90 Å². The van der Waals surface area contributed by atoms with Crippen molar-refractivity contribution in [1.82, 2.24) is 0 Å². The van der Waals surface area contributed by atoms with Gasteiger partial charge < -0.3 is 4.90 Å². The Labute approximate surface area is 250 Å². The summed E-state index contributed by atoms with van der Waals surface area (Å²) in [5, 5.41) is 7.71. The summed E-state index contributed by atoms with van der Waals surface area (Å²) in [6.07, 6.45) is 0. The molecule has 0 spiro atoms. The topological polar surface area (TPSA) is 3.24 Å². The van der Waals surface area contributed by atoms with Crippen molar-refractivity contribution in [3.05, 3.63) is 164 Å². The van der Waals surface area contributed by atoms with Crippen LogP contribution in [-0.2, 0) is 0 Å². The van der Waals surface area contributed by atoms with E-state index < -0.39 is 0 Å². The fourth-order valence-corrected chi connectivity index (χ4v) is 6.96. The molecule has 0 aliphatic heterocycles. The van der Waals surface area contributed by atoms with E-state index >= 15 is 0 Å². The lowest BCUT2D eigenvalue weighted by Crippen LogP contribution is -2.10. The second-order valence-electron chi connectivity index (χ2n) is 11.4. The van der Waals surface area contributed by atoms with E-state index in [1.165, 1.54) is 65.7 Å². The van der Waals surface area contributed by atoms with Gasteiger partial charge in [0.1, 0.15) is 0 Å². The van der Waals surface area contributed by atoms with Gasteiger partial charge >= 0.3 is 0 Å². The normalized spacial score (nSPS) is 11.7. The van der Waals surface area contributed by atoms with Gasteiger partial charge in [0.25, 0.3) is 0 Å². The van der Waals surface area contributed by atoms with E-state index in [0.717, 1.165) is 17.1 Å². The van der Waals surface area contributed by atoms with Crippen LogP contribution in [0.15, 0.2) is 164 Å². The summed E-state index contributed by atoms with van der Waals surface area (Å²) in [5.74, 6) is 0. The Balaban J connectivity index is 1.26. The average molecular weight is 546 g/mol. The largest absolute Gasteiger partial charge is 0.310 e. The van der Waals surface area contributed by atoms with E-state index in [-0.39, 0.29) is 0 Å². The maximum Gasteiger partial charge on any atom is 0.0468 e. The molecule has 0 amide bonds. The van der Waals surface area contributed by atoms with E-state index in [2.05, 4.69) is 169 Å². The first-order valence-electron chi connectivity index (χ1n) is 14.9. The zero-order chi connectivity index (χ0) is 28.3. The predicted molar refractivity (Wildman–Crippen MR) is 184 cm³/mol. The minimum atomic E-state index is 1.13. The number of anilines is 3. The molecule has 0 N–H and O–H groups in total. The molecule has 9 rings (SSSR count). The van der Waals surface area contributed by atoms with Crippen LogP contribution in [0.3, 0.4) is 0 Å². The van der Waals surface area contributed by atoms with Crippen LogP contribution in [0.25, 0.3) is 65.7 Å². The van der Waals surface area contributed by atoms with Crippen LogP contribution in [0, 0.1) is 0 Å². The van der Waals surface area contributed by atoms with Crippen LogP contribution in [0.5, 0.6) is 0 Å². The molecule has 8 aromatic carbocycles. The quantitative estimate of drug-likeness (QED) is 0.199. The molecule has 200 valence electrons. The fraction of sp³-hybridized carbons (Fsp3) is 0. The molecule has 0 fully saturated rings. The summed E-state index contributed by atoms with van der Waals surface area (Å²) in [7, 11) is 0. The van der Waals surface area contributed by atoms with Gasteiger partial charge in [0.2, 0.25) is 0 Å². The van der Waals surface area contributed by atoms with Gasteiger partial charge in [-0.15, -0.1) is 0 Å². The zero-order valence-electron chi connectivity index (χ0n) is 23.5. The Hall–Kier alpha value is -5.66. The molecule has 0 atom stereocenters. The Kier molecular flexibility index (Phi) is 5.27. The van der Waals surface area contributed by atoms with E-state index in [1.54, 1.807) is 0 Å². The summed E-state index contributed by atoms with van der Waals surface area (Å²) in [4.78, 5) is 2.41. The highest BCUT2D eigenvalue weighted by Gasteiger charge is 2.23. The van der Waals surface area contributed by atoms with Crippen LogP contribution in [0.2, 0.25) is 0 Å². The standard InChI is InChI=1S/C42H27N/c1-2-9-28(10-3-1)31-14-6-15-33(25-31)43(34-21-23-37-32(26-34)20-19-29-11-4-5-16-36(29)37)35-22-24-38-39-17-7-12-30-13-8-18-40(42(30)39)41(38)27-35/h1-27H. The summed E-state index contributed by atoms with van der Waals surface area (Å²) in [6, 6.07) is 59.8. The molecular formula is C42H27N. The Bertz CT molecular complexity index is 2340. The maximum absolute atomic E-state index is 2.41. The van der Waals surface area contributed by atoms with Crippen LogP contribution in [-0.4, -0.2) is 0 Å². The second-order valence-corrected chi connectivity index (χ2v) is 11.4. The Morgan fingerprint density at radius 1 is 0.302 bits per heavy atom. The molecule has 8 aromatic rings. The first-order chi connectivity index (χ1) is 21.3. The molecule has 0 unspecified atom stereocenters. The smallest absolute Gasteiger partial charge is 0.0468 e. The van der Waals surface area contributed by atoms with Gasteiger partial charge in [-0.1, -0.05) is 127 Å². The molecule has 1 heteroatoms. The number of hydrogen-bond acceptors (Lipinski definition) is 1. The molecule has 1 aliphatic carbocycles. The molecule has 0 aromatic heterocycles. The Morgan fingerprint density at radius 3 is 1.81 bits per heavy atom. The van der Waals surface area contributed by atoms with E-state index in [9.17, 15) is 0 Å². The molecule has 43 heavy (non-hydrogen) atoms. The van der Waals surface area contributed by atoms with Crippen LogP contribution >= 0.6 is 0 Å². The lowest BCUT2D eigenvalue weighted by atomic mass is 9.99. The van der Waals surface area contributed by atoms with Gasteiger partial charge in [-0.2, -0.15) is 0 Å². The summed E-state index contributed by atoms with van der Waals surface area (Å²) < 4.78 is 0. The van der Waals surface area contributed by atoms with Gasteiger partial charge in [-0.25, -0.2) is 0 Å². The molecule has 0 saturated carbocycles. The van der Waals surface area contributed by atoms with Crippen LogP contribution < -0.4 is 4.90 Å². The molecule has 0 bridgehead atoms. The number of hydrogen-bond donors (Lipinski definition) is 0. The van der Waals surface area contributed by atoms with E-state index in [4.69, 9.17) is 0 Å². The lowest BCUT2D eigenvalue weighted by molar-refractivity contribution is 1.29. The summed E-state index contributed by atoms with van der Waals surface area (Å²) >= 11 is 0. The SMILES string of the molecule is c1ccc(-c2cccc(N(c3ccc4c(c3)-c3cccc5cccc-4c35)c3ccc4c(ccc5ccccc54)c3)c2)cc1. The molecule has 1 nitrogen and oxygen atoms in total. The minimum Gasteiger partial charge on any atom is -0.310 e. The van der Waals surface area contributed by atoms with Crippen LogP contribution in [0.1, 0.15) is 0 Å². The van der Waals surface area contributed by atoms with Crippen molar-refractivity contribution in [3.8, 4) is 33.4 Å². The van der Waals surface area contributed by atoms with Gasteiger partial charge in [0, 0.05) is 17.1 Å². The maximum atomic E-state index is 2.41. The van der Waals surface area contributed by atoms with Crippen LogP contribution in [0.4, 0.5) is 17.1 Å². The Morgan fingerprint density at radius 2 is 0.930 bits per heavy atom. The fourth-order valence-electron chi connectivity index (χ4n) is 6.96. The third-order valence-electron chi connectivity index (χ3n) is 8.94. The minimum absolute atomic E-state index is 1.13. The summed E-state index contributed by atoms with van der Waals surface area (Å²) in [6.45, 7) is 0. The lowest BCUT2D eigenvalue weighted by Gasteiger charge is -2.27. The predicted octanol–water partition coefficient (Wildman–Crippen LogP) is 11.9. The highest BCUT2D eigenvalue weighted by Crippen LogP contribution is 2.49. The molecule has 0 heterocycles. The third-order valence-corrected chi connectivity index (χ3v) is 8.94. The number of rotatable bonds is 4. The average Bonchev–Trinajstić information content (AvgIpc) is 3.40. The van der Waals surface area contributed by atoms with Gasteiger partial charge in [0.05, 0.1) is 0 Å². The van der Waals surface area contributed by atoms with Crippen molar-refractivity contribution in [2.24, 2.45) is 0 Å². The molecule has 0 saturated heterocycles. The van der Waals surface area contributed by atoms with Crippen molar-refractivity contribution in [1.29, 1.82) is 0 Å². The number of nitrogens with zero attached hydrogens (tertiary/aromatic N) is 1. The van der Waals surface area contributed by atoms with Gasteiger partial charge in [-0.05, 0) is 102 Å². The van der Waals surface area contributed by atoms with Gasteiger partial charge in [-0.3, -0.25) is 0 Å². The first kappa shape index (κ1) is 24.0. The van der Waals surface area contributed by atoms with E-state index in [1.807, 2.05) is 0 Å². The van der Waals surface area contributed by atoms with Crippen molar-refractivity contribution >= 4 is 49.4 Å². The highest BCUT2D eigenvalue weighted by molar-refractivity contribution is 6.16. The number of benzene rings is 8. The molecule has 1 aliphatic rings. The molecular weight excluding hydrogens is 518 g/mol. The zero-order valence-corrected chi connectivity index (χ0v) is 23.5. The number of fused-ring (bicyclic) bond motifs is 6. The van der Waals surface area contributed by atoms with Crippen molar-refractivity contribution < 1.29 is 0 Å². The first-order valence-corrected chi connectivity index (χ1v) is 14.9. The third kappa shape index (κ3) is 3.79. The van der Waals surface area contributed by atoms with Crippen molar-refractivity contribution in [2.45, 2.75) is 0 Å². The van der Waals surface area contributed by atoms with Gasteiger partial charge in [0.15, 0.2) is 0 Å². The van der Waals surface area contributed by atoms with E-state index in [0.29, 0.717) is 0 Å². The summed E-state index contributed by atoms with van der Waals surface area (Å²) in [5.41, 5.74) is 11.1.